The second-order valence-electron chi connectivity index (χ2n) is 14.7. The number of allylic oxidation sites excluding steroid dienone is 14. The fourth-order valence-corrected chi connectivity index (χ4v) is 6.02. The topological polar surface area (TPSA) is 72.8 Å². The molecule has 0 heterocycles. The molecule has 0 bridgehead atoms. The van der Waals surface area contributed by atoms with Gasteiger partial charge in [-0.15, -0.1) is 0 Å². The lowest BCUT2D eigenvalue weighted by Crippen LogP contribution is -2.28. The van der Waals surface area contributed by atoms with Crippen LogP contribution in [0, 0.1) is 0 Å². The number of hydrogen-bond donors (Lipinski definition) is 1. The summed E-state index contributed by atoms with van der Waals surface area (Å²) in [5, 5.41) is 9.59. The van der Waals surface area contributed by atoms with Gasteiger partial charge in [0, 0.05) is 12.8 Å². The van der Waals surface area contributed by atoms with Gasteiger partial charge >= 0.3 is 11.9 Å². The van der Waals surface area contributed by atoms with Gasteiger partial charge in [0.25, 0.3) is 0 Å². The number of aliphatic hydroxyl groups is 1. The molecule has 0 fully saturated rings. The zero-order valence-electron chi connectivity index (χ0n) is 35.7. The van der Waals surface area contributed by atoms with Crippen LogP contribution in [0.1, 0.15) is 200 Å². The van der Waals surface area contributed by atoms with Crippen LogP contribution >= 0.6 is 0 Å². The van der Waals surface area contributed by atoms with E-state index in [4.69, 9.17) is 9.47 Å². The molecule has 314 valence electrons. The van der Waals surface area contributed by atoms with E-state index in [0.717, 1.165) is 83.5 Å². The first-order valence-corrected chi connectivity index (χ1v) is 22.6. The van der Waals surface area contributed by atoms with Crippen molar-refractivity contribution in [1.29, 1.82) is 0 Å². The highest BCUT2D eigenvalue weighted by Crippen LogP contribution is 2.13. The van der Waals surface area contributed by atoms with Crippen molar-refractivity contribution in [3.8, 4) is 0 Å². The van der Waals surface area contributed by atoms with Gasteiger partial charge in [-0.25, -0.2) is 0 Å². The zero-order chi connectivity index (χ0) is 40.0. The molecule has 0 radical (unpaired) electrons. The van der Waals surface area contributed by atoms with Gasteiger partial charge in [0.05, 0.1) is 6.61 Å². The van der Waals surface area contributed by atoms with E-state index in [2.05, 4.69) is 98.9 Å². The summed E-state index contributed by atoms with van der Waals surface area (Å²) in [6.45, 7) is 3.99. The predicted octanol–water partition coefficient (Wildman–Crippen LogP) is 14.7. The Morgan fingerprint density at radius 3 is 1.18 bits per heavy atom. The molecule has 0 rings (SSSR count). The standard InChI is InChI=1S/C50H84O5/c1-3-5-7-9-11-13-15-17-19-21-22-23-24-25-26-27-28-29-31-33-35-37-39-41-43-45-50(53)55-48(46-51)47-54-49(52)44-42-40-38-36-34-32-30-20-18-16-14-12-10-8-6-4-2/h5,7,11,13-14,16-17,19-20,22-23,25-26,30,48,51H,3-4,6,8-10,12,15,18,21,24,27-29,31-47H2,1-2H3/b7-5-,13-11-,16-14-,19-17-,23-22-,26-25-,30-20-. The number of unbranched alkanes of at least 4 members (excludes halogenated alkanes) is 18. The summed E-state index contributed by atoms with van der Waals surface area (Å²) in [4.78, 5) is 24.4. The average molecular weight is 765 g/mol. The van der Waals surface area contributed by atoms with Gasteiger partial charge in [0.2, 0.25) is 0 Å². The van der Waals surface area contributed by atoms with Crippen LogP contribution in [0.25, 0.3) is 0 Å². The smallest absolute Gasteiger partial charge is 0.306 e. The third-order valence-electron chi connectivity index (χ3n) is 9.42. The van der Waals surface area contributed by atoms with Gasteiger partial charge in [-0.1, -0.05) is 182 Å². The van der Waals surface area contributed by atoms with Crippen molar-refractivity contribution in [1.82, 2.24) is 0 Å². The van der Waals surface area contributed by atoms with Crippen LogP contribution in [0.5, 0.6) is 0 Å². The molecule has 5 heteroatoms. The molecule has 1 atom stereocenters. The second kappa shape index (κ2) is 45.5. The molecule has 0 spiro atoms. The van der Waals surface area contributed by atoms with Crippen molar-refractivity contribution < 1.29 is 24.2 Å². The molecule has 0 aromatic heterocycles. The highest BCUT2D eigenvalue weighted by Gasteiger charge is 2.16. The van der Waals surface area contributed by atoms with E-state index in [1.807, 2.05) is 0 Å². The van der Waals surface area contributed by atoms with E-state index in [9.17, 15) is 14.7 Å². The summed E-state index contributed by atoms with van der Waals surface area (Å²) in [6.07, 6.45) is 62.2. The van der Waals surface area contributed by atoms with Crippen molar-refractivity contribution >= 4 is 11.9 Å². The number of hydrogen-bond acceptors (Lipinski definition) is 5. The SMILES string of the molecule is CC/C=C\C/C=C\C/C=C\C/C=C\C/C=C\CCCCCCCCCCCC(=O)OC(CO)COC(=O)CCCCCCC/C=C\C/C=C\CCCCCC. The lowest BCUT2D eigenvalue weighted by atomic mass is 10.1. The highest BCUT2D eigenvalue weighted by atomic mass is 16.6. The summed E-state index contributed by atoms with van der Waals surface area (Å²) in [5.74, 6) is -0.618. The Hall–Kier alpha value is -2.92. The molecule has 0 amide bonds. The fraction of sp³-hybridized carbons (Fsp3) is 0.680. The third-order valence-corrected chi connectivity index (χ3v) is 9.42. The van der Waals surface area contributed by atoms with Gasteiger partial charge in [-0.05, 0) is 89.9 Å². The van der Waals surface area contributed by atoms with E-state index < -0.39 is 6.10 Å². The maximum absolute atomic E-state index is 12.2. The van der Waals surface area contributed by atoms with Gasteiger partial charge in [-0.3, -0.25) is 9.59 Å². The number of ether oxygens (including phenoxy) is 2. The van der Waals surface area contributed by atoms with E-state index in [0.29, 0.717) is 12.8 Å². The minimum Gasteiger partial charge on any atom is -0.462 e. The predicted molar refractivity (Wildman–Crippen MR) is 237 cm³/mol. The summed E-state index contributed by atoms with van der Waals surface area (Å²) in [6, 6.07) is 0. The van der Waals surface area contributed by atoms with Gasteiger partial charge in [-0.2, -0.15) is 0 Å². The molecular weight excluding hydrogens is 681 g/mol. The molecular formula is C50H84O5. The second-order valence-corrected chi connectivity index (χ2v) is 14.7. The number of rotatable bonds is 40. The van der Waals surface area contributed by atoms with Crippen LogP contribution in [0.15, 0.2) is 85.1 Å². The molecule has 1 unspecified atom stereocenters. The quantitative estimate of drug-likeness (QED) is 0.0382. The molecule has 1 N–H and O–H groups in total. The Morgan fingerprint density at radius 1 is 0.436 bits per heavy atom. The summed E-state index contributed by atoms with van der Waals surface area (Å²) in [5.41, 5.74) is 0. The minimum atomic E-state index is -0.785. The maximum Gasteiger partial charge on any atom is 0.306 e. The number of aliphatic hydroxyl groups excluding tert-OH is 1. The van der Waals surface area contributed by atoms with Crippen LogP contribution < -0.4 is 0 Å². The first-order valence-electron chi connectivity index (χ1n) is 22.6. The van der Waals surface area contributed by atoms with E-state index in [1.54, 1.807) is 0 Å². The third kappa shape index (κ3) is 43.7. The lowest BCUT2D eigenvalue weighted by Gasteiger charge is -2.15. The fourth-order valence-electron chi connectivity index (χ4n) is 6.02. The monoisotopic (exact) mass is 765 g/mol. The summed E-state index contributed by atoms with van der Waals surface area (Å²) in [7, 11) is 0. The Bertz CT molecular complexity index is 1050. The first-order chi connectivity index (χ1) is 27.1. The summed E-state index contributed by atoms with van der Waals surface area (Å²) < 4.78 is 10.6. The van der Waals surface area contributed by atoms with Crippen molar-refractivity contribution in [2.45, 2.75) is 206 Å². The van der Waals surface area contributed by atoms with E-state index in [1.165, 1.54) is 89.9 Å². The molecule has 5 nitrogen and oxygen atoms in total. The van der Waals surface area contributed by atoms with Gasteiger partial charge in [0.15, 0.2) is 6.10 Å². The van der Waals surface area contributed by atoms with Crippen molar-refractivity contribution in [3.05, 3.63) is 85.1 Å². The maximum atomic E-state index is 12.2. The number of esters is 2. The molecule has 0 aliphatic heterocycles. The van der Waals surface area contributed by atoms with Crippen LogP contribution in [0.4, 0.5) is 0 Å². The molecule has 55 heavy (non-hydrogen) atoms. The highest BCUT2D eigenvalue weighted by molar-refractivity contribution is 5.70. The Kier molecular flexibility index (Phi) is 43.1. The average Bonchev–Trinajstić information content (AvgIpc) is 3.19. The largest absolute Gasteiger partial charge is 0.462 e. The normalized spacial score (nSPS) is 13.0. The first kappa shape index (κ1) is 52.1. The Labute approximate surface area is 339 Å². The van der Waals surface area contributed by atoms with Crippen molar-refractivity contribution in [2.24, 2.45) is 0 Å². The molecule has 0 aliphatic carbocycles. The number of carbonyl (C=O) groups is 2. The number of carbonyl (C=O) groups excluding carboxylic acids is 2. The lowest BCUT2D eigenvalue weighted by molar-refractivity contribution is -0.161. The molecule has 0 aromatic carbocycles. The van der Waals surface area contributed by atoms with Crippen LogP contribution in [0.2, 0.25) is 0 Å². The van der Waals surface area contributed by atoms with E-state index in [-0.39, 0.29) is 25.2 Å². The van der Waals surface area contributed by atoms with Crippen molar-refractivity contribution in [3.63, 3.8) is 0 Å². The molecule has 0 aliphatic rings. The van der Waals surface area contributed by atoms with Crippen molar-refractivity contribution in [2.75, 3.05) is 13.2 Å². The van der Waals surface area contributed by atoms with Gasteiger partial charge in [0.1, 0.15) is 6.61 Å². The molecule has 0 saturated heterocycles. The Balaban J connectivity index is 3.59. The van der Waals surface area contributed by atoms with E-state index >= 15 is 0 Å². The molecule has 0 saturated carbocycles. The summed E-state index contributed by atoms with van der Waals surface area (Å²) >= 11 is 0. The van der Waals surface area contributed by atoms with Crippen LogP contribution in [-0.2, 0) is 19.1 Å². The Morgan fingerprint density at radius 2 is 0.782 bits per heavy atom. The minimum absolute atomic E-state index is 0.0796. The van der Waals surface area contributed by atoms with Crippen LogP contribution in [-0.4, -0.2) is 36.4 Å². The zero-order valence-corrected chi connectivity index (χ0v) is 35.7. The molecule has 0 aromatic rings. The van der Waals surface area contributed by atoms with Crippen LogP contribution in [0.3, 0.4) is 0 Å². The van der Waals surface area contributed by atoms with Gasteiger partial charge < -0.3 is 14.6 Å².